The number of hydrogen-bond donors (Lipinski definition) is 2. The maximum Gasteiger partial charge on any atom is 0.325 e. The highest BCUT2D eigenvalue weighted by atomic mass is 35.5. The highest BCUT2D eigenvalue weighted by molar-refractivity contribution is 6.31. The van der Waals surface area contributed by atoms with Gasteiger partial charge in [0.15, 0.2) is 0 Å². The molecule has 1 aromatic rings. The minimum Gasteiger partial charge on any atom is -0.480 e. The van der Waals surface area contributed by atoms with E-state index in [2.05, 4.69) is 5.32 Å². The molecule has 5 heteroatoms. The summed E-state index contributed by atoms with van der Waals surface area (Å²) in [5, 5.41) is 20.5. The van der Waals surface area contributed by atoms with Crippen molar-refractivity contribution in [2.24, 2.45) is 0 Å². The van der Waals surface area contributed by atoms with Gasteiger partial charge in [0.2, 0.25) is 0 Å². The van der Waals surface area contributed by atoms with Gasteiger partial charge in [0.25, 0.3) is 0 Å². The van der Waals surface area contributed by atoms with Crippen molar-refractivity contribution in [1.29, 1.82) is 5.26 Å². The molecule has 2 N–H and O–H groups in total. The van der Waals surface area contributed by atoms with Gasteiger partial charge in [-0.2, -0.15) is 5.26 Å². The Bertz CT molecular complexity index is 426. The number of anilines is 1. The van der Waals surface area contributed by atoms with Crippen LogP contribution in [0.1, 0.15) is 12.5 Å². The number of aliphatic carboxylic acids is 1. The second-order valence-corrected chi connectivity index (χ2v) is 3.42. The van der Waals surface area contributed by atoms with Crippen molar-refractivity contribution in [1.82, 2.24) is 0 Å². The molecule has 0 aliphatic heterocycles. The highest BCUT2D eigenvalue weighted by Crippen LogP contribution is 2.20. The van der Waals surface area contributed by atoms with Crippen LogP contribution in [-0.2, 0) is 4.79 Å². The number of carboxylic acids is 1. The quantitative estimate of drug-likeness (QED) is 0.825. The van der Waals surface area contributed by atoms with Crippen LogP contribution >= 0.6 is 11.6 Å². The van der Waals surface area contributed by atoms with E-state index < -0.39 is 12.0 Å². The molecule has 0 saturated carbocycles. The van der Waals surface area contributed by atoms with Crippen LogP contribution in [0.3, 0.4) is 0 Å². The van der Waals surface area contributed by atoms with Crippen molar-refractivity contribution < 1.29 is 9.90 Å². The number of benzene rings is 1. The fourth-order valence-electron chi connectivity index (χ4n) is 1.01. The zero-order valence-electron chi connectivity index (χ0n) is 7.99. The van der Waals surface area contributed by atoms with Gasteiger partial charge in [-0.15, -0.1) is 0 Å². The summed E-state index contributed by atoms with van der Waals surface area (Å²) in [5.41, 5.74) is 0.880. The Balaban J connectivity index is 2.89. The van der Waals surface area contributed by atoms with E-state index in [1.54, 1.807) is 12.1 Å². The lowest BCUT2D eigenvalue weighted by molar-refractivity contribution is -0.137. The lowest BCUT2D eigenvalue weighted by atomic mass is 10.2. The number of halogens is 1. The average Bonchev–Trinajstić information content (AvgIpc) is 2.20. The molecular weight excluding hydrogens is 216 g/mol. The molecule has 0 heterocycles. The van der Waals surface area contributed by atoms with E-state index in [4.69, 9.17) is 22.0 Å². The number of carbonyl (C=O) groups is 1. The lowest BCUT2D eigenvalue weighted by Gasteiger charge is -2.10. The molecule has 1 aromatic carbocycles. The highest BCUT2D eigenvalue weighted by Gasteiger charge is 2.10. The van der Waals surface area contributed by atoms with Gasteiger partial charge in [0, 0.05) is 5.69 Å². The molecule has 78 valence electrons. The Morgan fingerprint density at radius 2 is 2.33 bits per heavy atom. The summed E-state index contributed by atoms with van der Waals surface area (Å²) >= 11 is 5.73. The zero-order valence-corrected chi connectivity index (χ0v) is 8.75. The van der Waals surface area contributed by atoms with Crippen LogP contribution in [0, 0.1) is 11.3 Å². The third-order valence-electron chi connectivity index (χ3n) is 1.84. The molecule has 0 aliphatic carbocycles. The first-order valence-corrected chi connectivity index (χ1v) is 4.61. The maximum atomic E-state index is 10.6. The van der Waals surface area contributed by atoms with Crippen molar-refractivity contribution >= 4 is 23.3 Å². The van der Waals surface area contributed by atoms with Gasteiger partial charge in [-0.05, 0) is 25.1 Å². The molecule has 0 aromatic heterocycles. The van der Waals surface area contributed by atoms with Crippen LogP contribution in [-0.4, -0.2) is 17.1 Å². The van der Waals surface area contributed by atoms with Crippen molar-refractivity contribution in [3.8, 4) is 6.07 Å². The van der Waals surface area contributed by atoms with Gasteiger partial charge in [-0.3, -0.25) is 4.79 Å². The van der Waals surface area contributed by atoms with Crippen LogP contribution in [0.4, 0.5) is 5.69 Å². The van der Waals surface area contributed by atoms with E-state index in [1.165, 1.54) is 13.0 Å². The predicted octanol–water partition coefficient (Wildman–Crippen LogP) is 2.10. The standard InChI is InChI=1S/C10H9ClN2O2/c1-6(10(14)15)13-8-2-3-9(11)7(4-8)5-12/h2-4,6,13H,1H3,(H,14,15). The summed E-state index contributed by atoms with van der Waals surface area (Å²) in [5.74, 6) is -0.955. The summed E-state index contributed by atoms with van der Waals surface area (Å²) in [7, 11) is 0. The topological polar surface area (TPSA) is 73.1 Å². The summed E-state index contributed by atoms with van der Waals surface area (Å²) < 4.78 is 0. The molecule has 0 radical (unpaired) electrons. The van der Waals surface area contributed by atoms with Crippen LogP contribution in [0.25, 0.3) is 0 Å². The van der Waals surface area contributed by atoms with Crippen molar-refractivity contribution in [3.05, 3.63) is 28.8 Å². The second kappa shape index (κ2) is 4.67. The number of hydrogen-bond acceptors (Lipinski definition) is 3. The zero-order chi connectivity index (χ0) is 11.4. The Morgan fingerprint density at radius 3 is 2.87 bits per heavy atom. The van der Waals surface area contributed by atoms with Gasteiger partial charge in [-0.25, -0.2) is 0 Å². The largest absolute Gasteiger partial charge is 0.480 e. The van der Waals surface area contributed by atoms with E-state index in [0.29, 0.717) is 16.3 Å². The van der Waals surface area contributed by atoms with Gasteiger partial charge in [-0.1, -0.05) is 11.6 Å². The fraction of sp³-hybridized carbons (Fsp3) is 0.200. The van der Waals surface area contributed by atoms with Gasteiger partial charge >= 0.3 is 5.97 Å². The first-order valence-electron chi connectivity index (χ1n) is 4.23. The molecule has 15 heavy (non-hydrogen) atoms. The predicted molar refractivity (Wildman–Crippen MR) is 56.9 cm³/mol. The molecule has 0 aliphatic rings. The van der Waals surface area contributed by atoms with E-state index in [0.717, 1.165) is 0 Å². The summed E-state index contributed by atoms with van der Waals surface area (Å²) in [4.78, 5) is 10.6. The molecule has 0 saturated heterocycles. The molecule has 1 unspecified atom stereocenters. The van der Waals surface area contributed by atoms with Crippen LogP contribution in [0.5, 0.6) is 0 Å². The van der Waals surface area contributed by atoms with Crippen molar-refractivity contribution in [3.63, 3.8) is 0 Å². The molecule has 0 bridgehead atoms. The molecule has 1 rings (SSSR count). The third kappa shape index (κ3) is 2.86. The first kappa shape index (κ1) is 11.3. The number of nitrogens with zero attached hydrogens (tertiary/aromatic N) is 1. The van der Waals surface area contributed by atoms with E-state index >= 15 is 0 Å². The van der Waals surface area contributed by atoms with Gasteiger partial charge in [0.1, 0.15) is 12.1 Å². The molecule has 0 spiro atoms. The molecular formula is C10H9ClN2O2. The number of nitrogens with one attached hydrogen (secondary N) is 1. The fourth-order valence-corrected chi connectivity index (χ4v) is 1.17. The molecule has 0 amide bonds. The molecule has 0 fully saturated rings. The van der Waals surface area contributed by atoms with Crippen molar-refractivity contribution in [2.75, 3.05) is 5.32 Å². The van der Waals surface area contributed by atoms with Crippen LogP contribution < -0.4 is 5.32 Å². The summed E-state index contributed by atoms with van der Waals surface area (Å²) in [6.07, 6.45) is 0. The minimum atomic E-state index is -0.955. The van der Waals surface area contributed by atoms with E-state index in [1.807, 2.05) is 6.07 Å². The monoisotopic (exact) mass is 224 g/mol. The first-order chi connectivity index (χ1) is 7.04. The smallest absolute Gasteiger partial charge is 0.325 e. The third-order valence-corrected chi connectivity index (χ3v) is 2.17. The minimum absolute atomic E-state index is 0.319. The van der Waals surface area contributed by atoms with E-state index in [9.17, 15) is 4.79 Å². The van der Waals surface area contributed by atoms with Gasteiger partial charge in [0.05, 0.1) is 10.6 Å². The van der Waals surface area contributed by atoms with Crippen LogP contribution in [0.2, 0.25) is 5.02 Å². The van der Waals surface area contributed by atoms with Crippen molar-refractivity contribution in [2.45, 2.75) is 13.0 Å². The Kier molecular flexibility index (Phi) is 3.53. The maximum absolute atomic E-state index is 10.6. The van der Waals surface area contributed by atoms with E-state index in [-0.39, 0.29) is 0 Å². The second-order valence-electron chi connectivity index (χ2n) is 3.01. The number of carboxylic acid groups (broad SMARTS) is 1. The molecule has 1 atom stereocenters. The Hall–Kier alpha value is -1.73. The average molecular weight is 225 g/mol. The normalized spacial score (nSPS) is 11.5. The number of nitriles is 1. The Labute approximate surface area is 92.1 Å². The lowest BCUT2D eigenvalue weighted by Crippen LogP contribution is -2.25. The summed E-state index contributed by atoms with van der Waals surface area (Å²) in [6, 6.07) is 5.90. The summed E-state index contributed by atoms with van der Waals surface area (Å²) in [6.45, 7) is 1.52. The van der Waals surface area contributed by atoms with Crippen LogP contribution in [0.15, 0.2) is 18.2 Å². The number of rotatable bonds is 3. The molecule has 4 nitrogen and oxygen atoms in total. The SMILES string of the molecule is CC(Nc1ccc(Cl)c(C#N)c1)C(=O)O. The Morgan fingerprint density at radius 1 is 1.67 bits per heavy atom. The van der Waals surface area contributed by atoms with Gasteiger partial charge < -0.3 is 10.4 Å².